The highest BCUT2D eigenvalue weighted by Gasteiger charge is 2.34. The highest BCUT2D eigenvalue weighted by molar-refractivity contribution is 5.69. The van der Waals surface area contributed by atoms with Crippen molar-refractivity contribution in [1.82, 2.24) is 4.57 Å². The number of alkyl halides is 3. The molecule has 0 atom stereocenters. The molecule has 1 heterocycles. The largest absolute Gasteiger partial charge is 0.494 e. The van der Waals surface area contributed by atoms with Crippen LogP contribution in [0.25, 0.3) is 11.1 Å². The Kier molecular flexibility index (Phi) is 8.84. The predicted molar refractivity (Wildman–Crippen MR) is 126 cm³/mol. The third-order valence-electron chi connectivity index (χ3n) is 5.48. The van der Waals surface area contributed by atoms with Gasteiger partial charge < -0.3 is 14.6 Å². The van der Waals surface area contributed by atoms with E-state index in [1.165, 1.54) is 12.1 Å². The number of halogens is 6. The Bertz CT molecular complexity index is 1260. The molecule has 2 N–H and O–H groups in total. The maximum Gasteiger partial charge on any atom is 0.417 e. The van der Waals surface area contributed by atoms with Crippen molar-refractivity contribution in [2.24, 2.45) is 0 Å². The smallest absolute Gasteiger partial charge is 0.417 e. The van der Waals surface area contributed by atoms with E-state index in [-0.39, 0.29) is 30.8 Å². The molecule has 3 aromatic rings. The second-order valence-electron chi connectivity index (χ2n) is 8.07. The van der Waals surface area contributed by atoms with E-state index < -0.39 is 30.1 Å². The Morgan fingerprint density at radius 3 is 2.36 bits per heavy atom. The average molecular weight is 509 g/mol. The number of rotatable bonds is 10. The van der Waals surface area contributed by atoms with Crippen molar-refractivity contribution in [2.45, 2.75) is 32.0 Å². The number of pyridine rings is 1. The quantitative estimate of drug-likeness (QED) is 0.221. The average Bonchev–Trinajstić information content (AvgIpc) is 2.84. The zero-order valence-corrected chi connectivity index (χ0v) is 19.4. The lowest BCUT2D eigenvalue weighted by molar-refractivity contribution is -0.137. The zero-order valence-electron chi connectivity index (χ0n) is 19.4. The Labute approximate surface area is 204 Å². The molecular weight excluding hydrogens is 484 g/mol. The number of hydrogen-bond donors (Lipinski definition) is 2. The van der Waals surface area contributed by atoms with E-state index >= 15 is 0 Å². The molecule has 0 saturated carbocycles. The van der Waals surface area contributed by atoms with Crippen molar-refractivity contribution in [2.75, 3.05) is 19.0 Å². The fraction of sp³-hybridized carbons (Fsp3) is 0.269. The van der Waals surface area contributed by atoms with Gasteiger partial charge in [-0.05, 0) is 47.7 Å². The number of nitrogens with zero attached hydrogens (tertiary/aromatic N) is 1. The van der Waals surface area contributed by atoms with E-state index in [1.54, 1.807) is 49.8 Å². The number of unbranched alkanes of at least 4 members (excludes halogenated alkanes) is 1. The van der Waals surface area contributed by atoms with Gasteiger partial charge in [0.25, 0.3) is 0 Å². The number of allylic oxidation sites excluding steroid dienone is 1. The van der Waals surface area contributed by atoms with E-state index in [2.05, 4.69) is 5.32 Å². The van der Waals surface area contributed by atoms with Crippen LogP contribution in [0, 0.1) is 5.41 Å². The summed E-state index contributed by atoms with van der Waals surface area (Å²) >= 11 is 0. The number of hydrogen-bond acceptors (Lipinski definition) is 3. The predicted octanol–water partition coefficient (Wildman–Crippen LogP) is 7.37. The maximum atomic E-state index is 13.8. The maximum absolute atomic E-state index is 13.8. The van der Waals surface area contributed by atoms with E-state index in [0.29, 0.717) is 23.2 Å². The molecular formula is C26H25F6N3O. The minimum Gasteiger partial charge on any atom is -0.494 e. The van der Waals surface area contributed by atoms with E-state index in [9.17, 15) is 26.3 Å². The van der Waals surface area contributed by atoms with Crippen LogP contribution < -0.4 is 15.4 Å². The van der Waals surface area contributed by atoms with Gasteiger partial charge in [0.1, 0.15) is 5.75 Å². The van der Waals surface area contributed by atoms with Crippen LogP contribution in [0.15, 0.2) is 72.8 Å². The summed E-state index contributed by atoms with van der Waals surface area (Å²) in [6, 6.07) is 12.0. The summed E-state index contributed by atoms with van der Waals surface area (Å²) in [4.78, 5) is 0. The van der Waals surface area contributed by atoms with Crippen LogP contribution in [-0.4, -0.2) is 18.2 Å². The summed E-state index contributed by atoms with van der Waals surface area (Å²) in [6.07, 6.45) is -3.60. The topological polar surface area (TPSA) is 50.0 Å². The number of nitrogens with one attached hydrogen (secondary N) is 2. The first-order valence-electron chi connectivity index (χ1n) is 11.1. The van der Waals surface area contributed by atoms with Gasteiger partial charge >= 0.3 is 12.3 Å². The first-order valence-corrected chi connectivity index (χ1v) is 11.1. The Balaban J connectivity index is 1.72. The molecule has 0 fully saturated rings. The van der Waals surface area contributed by atoms with E-state index in [0.717, 1.165) is 11.6 Å². The highest BCUT2D eigenvalue weighted by atomic mass is 19.4. The van der Waals surface area contributed by atoms with Crippen LogP contribution in [0.2, 0.25) is 0 Å². The molecule has 0 radical (unpaired) electrons. The normalized spacial score (nSPS) is 11.3. The summed E-state index contributed by atoms with van der Waals surface area (Å²) in [5, 5.41) is 11.1. The molecule has 36 heavy (non-hydrogen) atoms. The minimum atomic E-state index is -4.63. The molecule has 0 spiro atoms. The second kappa shape index (κ2) is 11.8. The molecule has 4 nitrogen and oxygen atoms in total. The van der Waals surface area contributed by atoms with Crippen LogP contribution in [-0.2, 0) is 12.7 Å². The lowest BCUT2D eigenvalue weighted by Gasteiger charge is -2.16. The van der Waals surface area contributed by atoms with Gasteiger partial charge in [-0.2, -0.15) is 22.0 Å². The van der Waals surface area contributed by atoms with Crippen molar-refractivity contribution < 1.29 is 31.1 Å². The molecule has 0 aliphatic carbocycles. The number of aromatic nitrogens is 1. The molecule has 0 unspecified atom stereocenters. The Morgan fingerprint density at radius 2 is 1.72 bits per heavy atom. The lowest BCUT2D eigenvalue weighted by atomic mass is 9.98. The lowest BCUT2D eigenvalue weighted by Crippen LogP contribution is -2.11. The summed E-state index contributed by atoms with van der Waals surface area (Å²) in [5.41, 5.74) is 1.05. The van der Waals surface area contributed by atoms with Gasteiger partial charge in [0, 0.05) is 32.4 Å². The van der Waals surface area contributed by atoms with Crippen LogP contribution in [0.4, 0.5) is 32.0 Å². The molecule has 192 valence electrons. The molecule has 1 aromatic heterocycles. The van der Waals surface area contributed by atoms with Crippen LogP contribution >= 0.6 is 0 Å². The molecule has 10 heteroatoms. The third-order valence-corrected chi connectivity index (χ3v) is 5.48. The van der Waals surface area contributed by atoms with E-state index in [4.69, 9.17) is 10.1 Å². The van der Waals surface area contributed by atoms with Gasteiger partial charge in [-0.1, -0.05) is 30.3 Å². The fourth-order valence-electron chi connectivity index (χ4n) is 3.60. The van der Waals surface area contributed by atoms with Gasteiger partial charge in [0.05, 0.1) is 23.2 Å². The number of ether oxygens (including phenoxy) is 1. The van der Waals surface area contributed by atoms with Crippen LogP contribution in [0.5, 0.6) is 5.75 Å². The molecule has 0 amide bonds. The third kappa shape index (κ3) is 7.16. The summed E-state index contributed by atoms with van der Waals surface area (Å²) in [5.74, 6) is -1.50. The van der Waals surface area contributed by atoms with Crippen LogP contribution in [0.1, 0.15) is 30.4 Å². The van der Waals surface area contributed by atoms with Gasteiger partial charge in [-0.3, -0.25) is 5.41 Å². The van der Waals surface area contributed by atoms with Gasteiger partial charge in [-0.15, -0.1) is 0 Å². The molecule has 0 saturated heterocycles. The monoisotopic (exact) mass is 509 g/mol. The number of anilines is 1. The zero-order chi connectivity index (χ0) is 26.3. The molecule has 0 aliphatic rings. The molecule has 0 aliphatic heterocycles. The fourth-order valence-corrected chi connectivity index (χ4v) is 3.60. The number of benzene rings is 2. The molecule has 3 rings (SSSR count). The molecule has 2 aromatic carbocycles. The summed E-state index contributed by atoms with van der Waals surface area (Å²) in [7, 11) is 1.72. The van der Waals surface area contributed by atoms with Crippen molar-refractivity contribution in [1.29, 1.82) is 5.41 Å². The SMILES string of the molecule is CNc1cn(Cc2ccc(-c3ccc(OCCCCC(F)=C(F)F)cc3C(F)(F)F)cc2)ccc1=N. The summed E-state index contributed by atoms with van der Waals surface area (Å²) < 4.78 is 85.5. The minimum absolute atomic E-state index is 0.00397. The first kappa shape index (κ1) is 26.9. The summed E-state index contributed by atoms with van der Waals surface area (Å²) in [6.45, 7) is 0.451. The Morgan fingerprint density at radius 1 is 1.00 bits per heavy atom. The molecule has 0 bridgehead atoms. The first-order chi connectivity index (χ1) is 17.1. The van der Waals surface area contributed by atoms with Crippen molar-refractivity contribution >= 4 is 5.69 Å². The van der Waals surface area contributed by atoms with Crippen molar-refractivity contribution in [3.63, 3.8) is 0 Å². The van der Waals surface area contributed by atoms with Crippen molar-refractivity contribution in [3.05, 3.63) is 89.3 Å². The van der Waals surface area contributed by atoms with Gasteiger partial charge in [-0.25, -0.2) is 4.39 Å². The van der Waals surface area contributed by atoms with Gasteiger partial charge in [0.15, 0.2) is 5.83 Å². The van der Waals surface area contributed by atoms with Crippen LogP contribution in [0.3, 0.4) is 0 Å². The standard InChI is InChI=1S/C26H25F6N3O/c1-34-24-16-35(12-11-23(24)33)15-17-5-7-18(8-6-17)20-10-9-19(14-21(20)26(30,31)32)36-13-3-2-4-22(27)25(28)29/h5-12,14,16,33-34H,2-4,13,15H2,1H3. The van der Waals surface area contributed by atoms with Gasteiger partial charge in [0.2, 0.25) is 0 Å². The highest BCUT2D eigenvalue weighted by Crippen LogP contribution is 2.39. The van der Waals surface area contributed by atoms with E-state index in [1.807, 2.05) is 4.57 Å². The second-order valence-corrected chi connectivity index (χ2v) is 8.07. The van der Waals surface area contributed by atoms with Crippen molar-refractivity contribution in [3.8, 4) is 16.9 Å². The Hall–Kier alpha value is -3.69.